The second kappa shape index (κ2) is 4.62. The van der Waals surface area contributed by atoms with Gasteiger partial charge in [0.15, 0.2) is 5.76 Å². The van der Waals surface area contributed by atoms with Gasteiger partial charge in [0.05, 0.1) is 4.88 Å². The van der Waals surface area contributed by atoms with Crippen molar-refractivity contribution in [2.45, 2.75) is 19.8 Å². The Balaban J connectivity index is 2.59. The molecule has 0 spiro atoms. The molecule has 6 heteroatoms. The van der Waals surface area contributed by atoms with Crippen molar-refractivity contribution in [2.75, 3.05) is 0 Å². The van der Waals surface area contributed by atoms with E-state index in [4.69, 9.17) is 4.52 Å². The minimum absolute atomic E-state index is 0.00856. The molecule has 0 bridgehead atoms. The van der Waals surface area contributed by atoms with Crippen molar-refractivity contribution in [1.29, 1.82) is 0 Å². The largest absolute Gasteiger partial charge is 0.477 e. The van der Waals surface area contributed by atoms with Crippen LogP contribution in [0.25, 0.3) is 10.6 Å². The fourth-order valence-corrected chi connectivity index (χ4v) is 2.92. The monoisotopic (exact) mass is 315 g/mol. The standard InChI is InChI=1S/C11H10BrNO3S/c1-5(2)10-8(11(14)15)9(13-16-10)7-3-6(12)4-17-7/h3-5H,1-2H3,(H,14,15). The molecule has 0 aliphatic heterocycles. The van der Waals surface area contributed by atoms with Gasteiger partial charge in [0, 0.05) is 15.8 Å². The van der Waals surface area contributed by atoms with Crippen LogP contribution in [0.15, 0.2) is 20.4 Å². The minimum Gasteiger partial charge on any atom is -0.477 e. The van der Waals surface area contributed by atoms with E-state index in [-0.39, 0.29) is 11.5 Å². The third kappa shape index (κ3) is 2.28. The summed E-state index contributed by atoms with van der Waals surface area (Å²) < 4.78 is 6.05. The van der Waals surface area contributed by atoms with E-state index in [0.717, 1.165) is 9.35 Å². The van der Waals surface area contributed by atoms with Gasteiger partial charge in [-0.2, -0.15) is 0 Å². The molecule has 0 radical (unpaired) electrons. The maximum absolute atomic E-state index is 11.3. The lowest BCUT2D eigenvalue weighted by molar-refractivity contribution is 0.0694. The van der Waals surface area contributed by atoms with Crippen LogP contribution in [0.2, 0.25) is 0 Å². The van der Waals surface area contributed by atoms with Crippen LogP contribution >= 0.6 is 27.3 Å². The van der Waals surface area contributed by atoms with Gasteiger partial charge in [-0.25, -0.2) is 4.79 Å². The first-order valence-corrected chi connectivity index (χ1v) is 6.65. The Morgan fingerprint density at radius 2 is 2.29 bits per heavy atom. The van der Waals surface area contributed by atoms with Crippen molar-refractivity contribution in [3.63, 3.8) is 0 Å². The third-order valence-corrected chi connectivity index (χ3v) is 3.96. The molecule has 4 nitrogen and oxygen atoms in total. The molecule has 90 valence electrons. The molecule has 0 unspecified atom stereocenters. The van der Waals surface area contributed by atoms with E-state index in [1.54, 1.807) is 0 Å². The quantitative estimate of drug-likeness (QED) is 0.930. The molecule has 0 aliphatic rings. The van der Waals surface area contributed by atoms with Gasteiger partial charge >= 0.3 is 5.97 Å². The number of rotatable bonds is 3. The van der Waals surface area contributed by atoms with Gasteiger partial charge in [0.25, 0.3) is 0 Å². The lowest BCUT2D eigenvalue weighted by atomic mass is 10.0. The van der Waals surface area contributed by atoms with Crippen molar-refractivity contribution in [1.82, 2.24) is 5.16 Å². The van der Waals surface area contributed by atoms with Crippen LogP contribution in [-0.2, 0) is 0 Å². The molecular formula is C11H10BrNO3S. The van der Waals surface area contributed by atoms with E-state index in [1.165, 1.54) is 11.3 Å². The fourth-order valence-electron chi connectivity index (χ4n) is 1.51. The zero-order chi connectivity index (χ0) is 12.6. The predicted molar refractivity (Wildman–Crippen MR) is 68.6 cm³/mol. The summed E-state index contributed by atoms with van der Waals surface area (Å²) >= 11 is 4.76. The van der Waals surface area contributed by atoms with Gasteiger partial charge in [0.1, 0.15) is 11.3 Å². The van der Waals surface area contributed by atoms with Crippen LogP contribution in [0, 0.1) is 0 Å². The summed E-state index contributed by atoms with van der Waals surface area (Å²) in [5, 5.41) is 15.0. The Morgan fingerprint density at radius 1 is 1.59 bits per heavy atom. The van der Waals surface area contributed by atoms with Gasteiger partial charge in [-0.05, 0) is 22.0 Å². The average Bonchev–Trinajstić information content (AvgIpc) is 2.82. The maximum atomic E-state index is 11.3. The van der Waals surface area contributed by atoms with E-state index in [9.17, 15) is 9.90 Å². The highest BCUT2D eigenvalue weighted by atomic mass is 79.9. The van der Waals surface area contributed by atoms with Crippen molar-refractivity contribution >= 4 is 33.2 Å². The molecule has 0 aliphatic carbocycles. The zero-order valence-corrected chi connectivity index (χ0v) is 11.6. The minimum atomic E-state index is -1.01. The summed E-state index contributed by atoms with van der Waals surface area (Å²) in [7, 11) is 0. The van der Waals surface area contributed by atoms with Crippen LogP contribution in [0.5, 0.6) is 0 Å². The lowest BCUT2D eigenvalue weighted by Gasteiger charge is -2.00. The van der Waals surface area contributed by atoms with Gasteiger partial charge in [-0.3, -0.25) is 0 Å². The summed E-state index contributed by atoms with van der Waals surface area (Å²) in [4.78, 5) is 12.1. The summed E-state index contributed by atoms with van der Waals surface area (Å²) in [6.07, 6.45) is 0. The highest BCUT2D eigenvalue weighted by Gasteiger charge is 2.25. The third-order valence-electron chi connectivity index (χ3n) is 2.26. The van der Waals surface area contributed by atoms with E-state index in [1.807, 2.05) is 25.3 Å². The molecule has 2 rings (SSSR count). The van der Waals surface area contributed by atoms with E-state index in [2.05, 4.69) is 21.1 Å². The fraction of sp³-hybridized carbons (Fsp3) is 0.273. The summed E-state index contributed by atoms with van der Waals surface area (Å²) in [5.74, 6) is -0.600. The SMILES string of the molecule is CC(C)c1onc(-c2cc(Br)cs2)c1C(=O)O. The Kier molecular flexibility index (Phi) is 3.35. The van der Waals surface area contributed by atoms with Crippen molar-refractivity contribution in [3.05, 3.63) is 27.2 Å². The van der Waals surface area contributed by atoms with Gasteiger partial charge in [-0.1, -0.05) is 19.0 Å². The Morgan fingerprint density at radius 3 is 2.76 bits per heavy atom. The molecule has 1 N–H and O–H groups in total. The topological polar surface area (TPSA) is 63.3 Å². The molecule has 2 heterocycles. The summed E-state index contributed by atoms with van der Waals surface area (Å²) in [6.45, 7) is 3.75. The summed E-state index contributed by atoms with van der Waals surface area (Å²) in [6, 6.07) is 1.83. The molecule has 0 fully saturated rings. The van der Waals surface area contributed by atoms with Crippen LogP contribution in [0.1, 0.15) is 35.9 Å². The average molecular weight is 316 g/mol. The molecule has 17 heavy (non-hydrogen) atoms. The van der Waals surface area contributed by atoms with Crippen LogP contribution in [0.4, 0.5) is 0 Å². The number of thiophene rings is 1. The van der Waals surface area contributed by atoms with Crippen molar-refractivity contribution in [2.24, 2.45) is 0 Å². The van der Waals surface area contributed by atoms with Crippen LogP contribution < -0.4 is 0 Å². The molecule has 0 saturated heterocycles. The van der Waals surface area contributed by atoms with Crippen molar-refractivity contribution in [3.8, 4) is 10.6 Å². The van der Waals surface area contributed by atoms with E-state index in [0.29, 0.717) is 11.5 Å². The lowest BCUT2D eigenvalue weighted by Crippen LogP contribution is -2.02. The molecule has 2 aromatic heterocycles. The first-order chi connectivity index (χ1) is 8.00. The number of nitrogens with zero attached hydrogens (tertiary/aromatic N) is 1. The van der Waals surface area contributed by atoms with Gasteiger partial charge in [-0.15, -0.1) is 11.3 Å². The molecule has 0 aromatic carbocycles. The first kappa shape index (κ1) is 12.3. The van der Waals surface area contributed by atoms with E-state index >= 15 is 0 Å². The molecule has 0 atom stereocenters. The summed E-state index contributed by atoms with van der Waals surface area (Å²) in [5.41, 5.74) is 0.561. The highest BCUT2D eigenvalue weighted by Crippen LogP contribution is 2.34. The second-order valence-electron chi connectivity index (χ2n) is 3.86. The Bertz CT molecular complexity index is 559. The number of aromatic carboxylic acids is 1. The molecule has 0 amide bonds. The highest BCUT2D eigenvalue weighted by molar-refractivity contribution is 9.10. The number of carboxylic acids is 1. The smallest absolute Gasteiger partial charge is 0.341 e. The van der Waals surface area contributed by atoms with Crippen LogP contribution in [0.3, 0.4) is 0 Å². The molecular weight excluding hydrogens is 306 g/mol. The second-order valence-corrected chi connectivity index (χ2v) is 5.69. The number of hydrogen-bond donors (Lipinski definition) is 1. The number of aromatic nitrogens is 1. The Hall–Kier alpha value is -1.14. The zero-order valence-electron chi connectivity index (χ0n) is 9.23. The maximum Gasteiger partial charge on any atom is 0.341 e. The van der Waals surface area contributed by atoms with Gasteiger partial charge < -0.3 is 9.63 Å². The van der Waals surface area contributed by atoms with Gasteiger partial charge in [0.2, 0.25) is 0 Å². The number of hydrogen-bond acceptors (Lipinski definition) is 4. The first-order valence-electron chi connectivity index (χ1n) is 4.98. The number of carboxylic acid groups (broad SMARTS) is 1. The normalized spacial score (nSPS) is 11.1. The van der Waals surface area contributed by atoms with Crippen molar-refractivity contribution < 1.29 is 14.4 Å². The van der Waals surface area contributed by atoms with E-state index < -0.39 is 5.97 Å². The van der Waals surface area contributed by atoms with Crippen LogP contribution in [-0.4, -0.2) is 16.2 Å². The number of carbonyl (C=O) groups is 1. The Labute approximate surface area is 110 Å². The predicted octanol–water partition coefficient (Wildman–Crippen LogP) is 3.99. The molecule has 0 saturated carbocycles. The molecule has 2 aromatic rings. The number of halogens is 1.